The summed E-state index contributed by atoms with van der Waals surface area (Å²) in [5.41, 5.74) is 5.70. The highest BCUT2D eigenvalue weighted by molar-refractivity contribution is 7.83. The molecule has 1 aromatic carbocycles. The van der Waals surface area contributed by atoms with E-state index in [1.54, 1.807) is 24.3 Å². The van der Waals surface area contributed by atoms with Gasteiger partial charge >= 0.3 is 0 Å². The molecule has 0 aromatic heterocycles. The standard InChI is InChI=1S/C12H18N2O2S/c1-9(2)8-11(13)12(15)14-17(16)10-6-4-3-5-7-10/h3-7,9,11H,8,13H2,1-2H3,(H,14,15)/t11-,17?/m0/s1. The first-order valence-electron chi connectivity index (χ1n) is 5.53. The molecule has 1 rings (SSSR count). The highest BCUT2D eigenvalue weighted by Gasteiger charge is 2.17. The summed E-state index contributed by atoms with van der Waals surface area (Å²) < 4.78 is 14.2. The maximum atomic E-state index is 11.8. The van der Waals surface area contributed by atoms with Crippen LogP contribution in [0.4, 0.5) is 0 Å². The Labute approximate surface area is 104 Å². The molecule has 0 fully saturated rings. The fourth-order valence-electron chi connectivity index (χ4n) is 1.38. The van der Waals surface area contributed by atoms with Gasteiger partial charge in [-0.2, -0.15) is 0 Å². The second kappa shape index (κ2) is 6.51. The summed E-state index contributed by atoms with van der Waals surface area (Å²) in [6.07, 6.45) is 0.581. The lowest BCUT2D eigenvalue weighted by Crippen LogP contribution is -2.42. The van der Waals surface area contributed by atoms with Crippen molar-refractivity contribution in [3.63, 3.8) is 0 Å². The largest absolute Gasteiger partial charge is 0.320 e. The SMILES string of the molecule is CC(C)C[C@H](N)C(=O)NS(=O)c1ccccc1. The molecule has 0 aliphatic carbocycles. The van der Waals surface area contributed by atoms with Crippen molar-refractivity contribution in [2.24, 2.45) is 11.7 Å². The van der Waals surface area contributed by atoms with Gasteiger partial charge in [0.25, 0.3) is 0 Å². The van der Waals surface area contributed by atoms with E-state index in [1.165, 1.54) is 0 Å². The Morgan fingerprint density at radius 2 is 1.94 bits per heavy atom. The summed E-state index contributed by atoms with van der Waals surface area (Å²) in [4.78, 5) is 12.2. The molecular formula is C12H18N2O2S. The van der Waals surface area contributed by atoms with Crippen LogP contribution in [0.3, 0.4) is 0 Å². The summed E-state index contributed by atoms with van der Waals surface area (Å²) in [6.45, 7) is 3.97. The number of hydrogen-bond acceptors (Lipinski definition) is 3. The number of hydrogen-bond donors (Lipinski definition) is 2. The smallest absolute Gasteiger partial charge is 0.248 e. The summed E-state index contributed by atoms with van der Waals surface area (Å²) in [5.74, 6) is -0.0400. The molecule has 3 N–H and O–H groups in total. The number of benzene rings is 1. The van der Waals surface area contributed by atoms with Crippen LogP contribution in [0, 0.1) is 5.92 Å². The van der Waals surface area contributed by atoms with Crippen LogP contribution in [-0.2, 0) is 15.8 Å². The van der Waals surface area contributed by atoms with Crippen molar-refractivity contribution in [3.8, 4) is 0 Å². The van der Waals surface area contributed by atoms with Gasteiger partial charge in [-0.3, -0.25) is 9.52 Å². The molecular weight excluding hydrogens is 236 g/mol. The normalized spacial score (nSPS) is 14.4. The molecule has 1 aromatic rings. The number of carbonyl (C=O) groups is 1. The zero-order valence-electron chi connectivity index (χ0n) is 10.1. The van der Waals surface area contributed by atoms with Crippen LogP contribution in [0.15, 0.2) is 35.2 Å². The minimum Gasteiger partial charge on any atom is -0.320 e. The topological polar surface area (TPSA) is 72.2 Å². The van der Waals surface area contributed by atoms with Crippen molar-refractivity contribution < 1.29 is 9.00 Å². The zero-order valence-corrected chi connectivity index (χ0v) is 10.9. The minimum atomic E-state index is -1.53. The monoisotopic (exact) mass is 254 g/mol. The first-order chi connectivity index (χ1) is 8.00. The van der Waals surface area contributed by atoms with Crippen LogP contribution in [-0.4, -0.2) is 16.2 Å². The fraction of sp³-hybridized carbons (Fsp3) is 0.417. The van der Waals surface area contributed by atoms with Crippen LogP contribution < -0.4 is 10.5 Å². The van der Waals surface area contributed by atoms with Crippen LogP contribution in [0.1, 0.15) is 20.3 Å². The van der Waals surface area contributed by atoms with E-state index in [2.05, 4.69) is 4.72 Å². The third-order valence-corrected chi connectivity index (χ3v) is 3.30. The third-order valence-electron chi connectivity index (χ3n) is 2.21. The first kappa shape index (κ1) is 13.9. The zero-order chi connectivity index (χ0) is 12.8. The van der Waals surface area contributed by atoms with Crippen molar-refractivity contribution in [1.29, 1.82) is 0 Å². The lowest BCUT2D eigenvalue weighted by molar-refractivity contribution is -0.120. The van der Waals surface area contributed by atoms with Gasteiger partial charge < -0.3 is 5.73 Å². The Morgan fingerprint density at radius 1 is 1.35 bits per heavy atom. The lowest BCUT2D eigenvalue weighted by atomic mass is 10.0. The Kier molecular flexibility index (Phi) is 5.31. The highest BCUT2D eigenvalue weighted by Crippen LogP contribution is 2.05. The van der Waals surface area contributed by atoms with Gasteiger partial charge in [0, 0.05) is 0 Å². The molecule has 1 amide bonds. The van der Waals surface area contributed by atoms with E-state index in [1.807, 2.05) is 19.9 Å². The maximum absolute atomic E-state index is 11.8. The minimum absolute atomic E-state index is 0.334. The predicted molar refractivity (Wildman–Crippen MR) is 68.4 cm³/mol. The van der Waals surface area contributed by atoms with E-state index >= 15 is 0 Å². The van der Waals surface area contributed by atoms with Crippen molar-refractivity contribution in [3.05, 3.63) is 30.3 Å². The molecule has 2 atom stereocenters. The van der Waals surface area contributed by atoms with Gasteiger partial charge in [0.2, 0.25) is 5.91 Å². The predicted octanol–water partition coefficient (Wildman–Crippen LogP) is 1.20. The van der Waals surface area contributed by atoms with Gasteiger partial charge in [0.1, 0.15) is 0 Å². The Bertz CT molecular complexity index is 393. The average Bonchev–Trinajstić information content (AvgIpc) is 2.29. The molecule has 0 saturated heterocycles. The molecule has 0 saturated carbocycles. The number of nitrogens with two attached hydrogens (primary N) is 1. The van der Waals surface area contributed by atoms with Gasteiger partial charge in [0.05, 0.1) is 10.9 Å². The molecule has 0 aliphatic heterocycles. The third kappa shape index (κ3) is 4.66. The van der Waals surface area contributed by atoms with E-state index in [0.717, 1.165) is 0 Å². The molecule has 0 aliphatic rings. The molecule has 1 unspecified atom stereocenters. The quantitative estimate of drug-likeness (QED) is 0.829. The van der Waals surface area contributed by atoms with Crippen LogP contribution >= 0.6 is 0 Å². The molecule has 0 radical (unpaired) electrons. The van der Waals surface area contributed by atoms with E-state index in [4.69, 9.17) is 5.73 Å². The average molecular weight is 254 g/mol. The van der Waals surface area contributed by atoms with Gasteiger partial charge in [-0.15, -0.1) is 0 Å². The van der Waals surface area contributed by atoms with Gasteiger partial charge in [0.15, 0.2) is 11.0 Å². The molecule has 0 bridgehead atoms. The summed E-state index contributed by atoms with van der Waals surface area (Å²) in [6, 6.07) is 8.16. The molecule has 94 valence electrons. The van der Waals surface area contributed by atoms with Crippen molar-refractivity contribution in [1.82, 2.24) is 4.72 Å². The summed E-state index contributed by atoms with van der Waals surface area (Å²) in [7, 11) is -1.53. The Hall–Kier alpha value is -1.20. The molecule has 0 heterocycles. The molecule has 17 heavy (non-hydrogen) atoms. The summed E-state index contributed by atoms with van der Waals surface area (Å²) in [5, 5.41) is 0. The van der Waals surface area contributed by atoms with Crippen molar-refractivity contribution in [2.45, 2.75) is 31.2 Å². The molecule has 0 spiro atoms. The molecule has 4 nitrogen and oxygen atoms in total. The van der Waals surface area contributed by atoms with Crippen LogP contribution in [0.5, 0.6) is 0 Å². The molecule has 5 heteroatoms. The number of nitrogens with one attached hydrogen (secondary N) is 1. The number of amides is 1. The van der Waals surface area contributed by atoms with Crippen molar-refractivity contribution in [2.75, 3.05) is 0 Å². The second-order valence-corrected chi connectivity index (χ2v) is 5.50. The van der Waals surface area contributed by atoms with Gasteiger partial charge in [-0.25, -0.2) is 4.21 Å². The number of carbonyl (C=O) groups excluding carboxylic acids is 1. The lowest BCUT2D eigenvalue weighted by Gasteiger charge is -2.13. The van der Waals surface area contributed by atoms with E-state index < -0.39 is 17.0 Å². The highest BCUT2D eigenvalue weighted by atomic mass is 32.2. The van der Waals surface area contributed by atoms with Crippen molar-refractivity contribution >= 4 is 16.9 Å². The Balaban J connectivity index is 2.55. The van der Waals surface area contributed by atoms with Gasteiger partial charge in [-0.05, 0) is 24.5 Å². The Morgan fingerprint density at radius 3 is 2.47 bits per heavy atom. The number of rotatable bonds is 5. The first-order valence-corrected chi connectivity index (χ1v) is 6.68. The van der Waals surface area contributed by atoms with E-state index in [9.17, 15) is 9.00 Å². The van der Waals surface area contributed by atoms with Crippen LogP contribution in [0.25, 0.3) is 0 Å². The van der Waals surface area contributed by atoms with Gasteiger partial charge in [-0.1, -0.05) is 32.0 Å². The fourth-order valence-corrected chi connectivity index (χ4v) is 2.24. The maximum Gasteiger partial charge on any atom is 0.248 e. The summed E-state index contributed by atoms with van der Waals surface area (Å²) >= 11 is 0. The van der Waals surface area contributed by atoms with E-state index in [-0.39, 0.29) is 5.91 Å². The second-order valence-electron chi connectivity index (χ2n) is 4.28. The van der Waals surface area contributed by atoms with E-state index in [0.29, 0.717) is 17.2 Å². The van der Waals surface area contributed by atoms with Crippen LogP contribution in [0.2, 0.25) is 0 Å².